The number of carbonyl (C=O) groups excluding carboxylic acids is 1. The van der Waals surface area contributed by atoms with Crippen LogP contribution in [0.25, 0.3) is 0 Å². The topological polar surface area (TPSA) is 38.3 Å². The minimum atomic E-state index is -0.204. The van der Waals surface area contributed by atoms with Crippen molar-refractivity contribution in [1.29, 1.82) is 0 Å². The zero-order valence-electron chi connectivity index (χ0n) is 11.5. The number of carbonyl (C=O) groups is 1. The van der Waals surface area contributed by atoms with E-state index in [0.29, 0.717) is 10.8 Å². The van der Waals surface area contributed by atoms with Crippen molar-refractivity contribution in [3.8, 4) is 5.75 Å². The van der Waals surface area contributed by atoms with E-state index in [1.165, 1.54) is 5.56 Å². The van der Waals surface area contributed by atoms with Crippen molar-refractivity contribution in [2.45, 2.75) is 13.3 Å². The summed E-state index contributed by atoms with van der Waals surface area (Å²) < 4.78 is 6.18. The van der Waals surface area contributed by atoms with Gasteiger partial charge in [-0.25, -0.2) is 0 Å². The first-order valence-corrected chi connectivity index (χ1v) is 7.72. The molecule has 2 aromatic carbocycles. The number of anilines is 1. The predicted molar refractivity (Wildman–Crippen MR) is 89.1 cm³/mol. The number of hydrogen-bond donors (Lipinski definition) is 1. The van der Waals surface area contributed by atoms with Gasteiger partial charge in [-0.2, -0.15) is 0 Å². The lowest BCUT2D eigenvalue weighted by molar-refractivity contribution is -0.118. The van der Waals surface area contributed by atoms with E-state index in [2.05, 4.69) is 28.2 Å². The molecule has 0 aliphatic rings. The quantitative estimate of drug-likeness (QED) is 0.832. The van der Waals surface area contributed by atoms with Gasteiger partial charge in [0.25, 0.3) is 5.91 Å². The molecule has 3 nitrogen and oxygen atoms in total. The van der Waals surface area contributed by atoms with Gasteiger partial charge in [0.2, 0.25) is 0 Å². The fraction of sp³-hybridized carbons (Fsp3) is 0.188. The summed E-state index contributed by atoms with van der Waals surface area (Å²) in [7, 11) is 0. The maximum Gasteiger partial charge on any atom is 0.262 e. The molecule has 1 amide bonds. The molecular weight excluding hydrogens is 354 g/mol. The van der Waals surface area contributed by atoms with Crippen molar-refractivity contribution < 1.29 is 9.53 Å². The summed E-state index contributed by atoms with van der Waals surface area (Å²) in [6, 6.07) is 12.9. The Labute approximate surface area is 137 Å². The van der Waals surface area contributed by atoms with Crippen molar-refractivity contribution in [1.82, 2.24) is 0 Å². The fourth-order valence-corrected chi connectivity index (χ4v) is 2.60. The van der Waals surface area contributed by atoms with Gasteiger partial charge in [-0.05, 0) is 58.2 Å². The van der Waals surface area contributed by atoms with Crippen LogP contribution in [-0.4, -0.2) is 12.5 Å². The lowest BCUT2D eigenvalue weighted by atomic mass is 10.1. The molecule has 2 rings (SSSR count). The third kappa shape index (κ3) is 4.76. The minimum absolute atomic E-state index is 0.0589. The monoisotopic (exact) mass is 367 g/mol. The molecule has 110 valence electrons. The standard InChI is InChI=1S/C16H15BrClNO2/c1-2-11-4-3-5-13(8-11)19-16(20)10-21-15-7-6-12(18)9-14(15)17/h3-9H,2,10H2,1H3,(H,19,20). The minimum Gasteiger partial charge on any atom is -0.483 e. The Morgan fingerprint density at radius 2 is 2.10 bits per heavy atom. The summed E-state index contributed by atoms with van der Waals surface area (Å²) in [5.74, 6) is 0.377. The molecule has 0 aromatic heterocycles. The Balaban J connectivity index is 1.92. The zero-order chi connectivity index (χ0) is 15.2. The van der Waals surface area contributed by atoms with Crippen molar-refractivity contribution in [2.24, 2.45) is 0 Å². The van der Waals surface area contributed by atoms with Crippen LogP contribution in [0.1, 0.15) is 12.5 Å². The van der Waals surface area contributed by atoms with E-state index < -0.39 is 0 Å². The highest BCUT2D eigenvalue weighted by molar-refractivity contribution is 9.10. The highest BCUT2D eigenvalue weighted by Crippen LogP contribution is 2.27. The molecular formula is C16H15BrClNO2. The average molecular weight is 369 g/mol. The smallest absolute Gasteiger partial charge is 0.262 e. The maximum absolute atomic E-state index is 11.9. The third-order valence-corrected chi connectivity index (χ3v) is 3.73. The van der Waals surface area contributed by atoms with E-state index in [1.807, 2.05) is 24.3 Å². The van der Waals surface area contributed by atoms with E-state index in [1.54, 1.807) is 18.2 Å². The van der Waals surface area contributed by atoms with Gasteiger partial charge < -0.3 is 10.1 Å². The second-order valence-corrected chi connectivity index (χ2v) is 5.76. The molecule has 0 spiro atoms. The van der Waals surface area contributed by atoms with Crippen molar-refractivity contribution in [3.63, 3.8) is 0 Å². The first-order valence-electron chi connectivity index (χ1n) is 6.55. The number of ether oxygens (including phenoxy) is 1. The van der Waals surface area contributed by atoms with Crippen molar-refractivity contribution in [2.75, 3.05) is 11.9 Å². The number of hydrogen-bond acceptors (Lipinski definition) is 2. The SMILES string of the molecule is CCc1cccc(NC(=O)COc2ccc(Cl)cc2Br)c1. The van der Waals surface area contributed by atoms with Crippen LogP contribution >= 0.6 is 27.5 Å². The molecule has 0 radical (unpaired) electrons. The van der Waals surface area contributed by atoms with Gasteiger partial charge >= 0.3 is 0 Å². The summed E-state index contributed by atoms with van der Waals surface area (Å²) in [5, 5.41) is 3.42. The van der Waals surface area contributed by atoms with E-state index in [9.17, 15) is 4.79 Å². The average Bonchev–Trinajstić information content (AvgIpc) is 2.46. The van der Waals surface area contributed by atoms with Crippen LogP contribution in [0.4, 0.5) is 5.69 Å². The van der Waals surface area contributed by atoms with Crippen LogP contribution in [0.15, 0.2) is 46.9 Å². The second-order valence-electron chi connectivity index (χ2n) is 4.47. The van der Waals surface area contributed by atoms with Crippen molar-refractivity contribution >= 4 is 39.1 Å². The Bertz CT molecular complexity index is 646. The second kappa shape index (κ2) is 7.48. The van der Waals surface area contributed by atoms with Gasteiger partial charge in [0, 0.05) is 10.7 Å². The number of rotatable bonds is 5. The summed E-state index contributed by atoms with van der Waals surface area (Å²) in [6.45, 7) is 2.01. The Morgan fingerprint density at radius 3 is 2.81 bits per heavy atom. The first-order chi connectivity index (χ1) is 10.1. The maximum atomic E-state index is 11.9. The fourth-order valence-electron chi connectivity index (χ4n) is 1.80. The molecule has 5 heteroatoms. The Morgan fingerprint density at radius 1 is 1.29 bits per heavy atom. The van der Waals surface area contributed by atoms with E-state index in [0.717, 1.165) is 16.6 Å². The highest BCUT2D eigenvalue weighted by atomic mass is 79.9. The number of aryl methyl sites for hydroxylation is 1. The van der Waals surface area contributed by atoms with Gasteiger partial charge in [0.1, 0.15) is 5.75 Å². The normalized spacial score (nSPS) is 10.2. The number of amides is 1. The van der Waals surface area contributed by atoms with Crippen LogP contribution in [0.3, 0.4) is 0 Å². The van der Waals surface area contributed by atoms with Gasteiger partial charge in [-0.3, -0.25) is 4.79 Å². The van der Waals surface area contributed by atoms with Crippen molar-refractivity contribution in [3.05, 3.63) is 57.5 Å². The van der Waals surface area contributed by atoms with E-state index in [4.69, 9.17) is 16.3 Å². The molecule has 0 heterocycles. The van der Waals surface area contributed by atoms with Crippen LogP contribution in [-0.2, 0) is 11.2 Å². The van der Waals surface area contributed by atoms with Crippen LogP contribution < -0.4 is 10.1 Å². The number of nitrogens with one attached hydrogen (secondary N) is 1. The molecule has 0 aliphatic carbocycles. The molecule has 0 bridgehead atoms. The summed E-state index contributed by atoms with van der Waals surface area (Å²) in [4.78, 5) is 11.9. The molecule has 0 saturated heterocycles. The number of halogens is 2. The van der Waals surface area contributed by atoms with Gasteiger partial charge in [-0.15, -0.1) is 0 Å². The highest BCUT2D eigenvalue weighted by Gasteiger charge is 2.07. The Hall–Kier alpha value is -1.52. The third-order valence-electron chi connectivity index (χ3n) is 2.87. The summed E-state index contributed by atoms with van der Waals surface area (Å²) in [5.41, 5.74) is 1.95. The zero-order valence-corrected chi connectivity index (χ0v) is 13.9. The molecule has 2 aromatic rings. The number of benzene rings is 2. The van der Waals surface area contributed by atoms with Gasteiger partial charge in [0.05, 0.1) is 4.47 Å². The first kappa shape index (κ1) is 15.9. The van der Waals surface area contributed by atoms with E-state index >= 15 is 0 Å². The lowest BCUT2D eigenvalue weighted by Gasteiger charge is -2.09. The van der Waals surface area contributed by atoms with Gasteiger partial charge in [-0.1, -0.05) is 30.7 Å². The van der Waals surface area contributed by atoms with Crippen LogP contribution in [0.5, 0.6) is 5.75 Å². The molecule has 0 unspecified atom stereocenters. The summed E-state index contributed by atoms with van der Waals surface area (Å²) >= 11 is 9.19. The van der Waals surface area contributed by atoms with Crippen LogP contribution in [0.2, 0.25) is 5.02 Å². The predicted octanol–water partition coefficient (Wildman–Crippen LogP) is 4.68. The molecule has 0 saturated carbocycles. The molecule has 1 N–H and O–H groups in total. The molecule has 0 fully saturated rings. The molecule has 21 heavy (non-hydrogen) atoms. The van der Waals surface area contributed by atoms with Gasteiger partial charge in [0.15, 0.2) is 6.61 Å². The van der Waals surface area contributed by atoms with Crippen LogP contribution in [0, 0.1) is 0 Å². The Kier molecular flexibility index (Phi) is 5.65. The molecule has 0 aliphatic heterocycles. The van der Waals surface area contributed by atoms with E-state index in [-0.39, 0.29) is 12.5 Å². The summed E-state index contributed by atoms with van der Waals surface area (Å²) in [6.07, 6.45) is 0.929. The lowest BCUT2D eigenvalue weighted by Crippen LogP contribution is -2.20. The molecule has 0 atom stereocenters. The largest absolute Gasteiger partial charge is 0.483 e.